The summed E-state index contributed by atoms with van der Waals surface area (Å²) in [7, 11) is 0. The first-order chi connectivity index (χ1) is 10.5. The standard InChI is InChI=1S/C14H11F2N3O3/c15-12-5-4-9(7-13(12)16)17-8-14(20)18-10-2-1-3-11(6-10)19(21)22/h1-7,17H,8H2,(H,18,20). The second-order valence-electron chi connectivity index (χ2n) is 4.34. The van der Waals surface area contributed by atoms with E-state index in [9.17, 15) is 23.7 Å². The van der Waals surface area contributed by atoms with Gasteiger partial charge in [0.05, 0.1) is 11.5 Å². The van der Waals surface area contributed by atoms with Crippen molar-refractivity contribution >= 4 is 23.0 Å². The molecule has 0 aliphatic carbocycles. The van der Waals surface area contributed by atoms with E-state index < -0.39 is 22.5 Å². The molecule has 0 spiro atoms. The number of carbonyl (C=O) groups excluding carboxylic acids is 1. The van der Waals surface area contributed by atoms with Gasteiger partial charge in [0.2, 0.25) is 5.91 Å². The van der Waals surface area contributed by atoms with Gasteiger partial charge in [0.1, 0.15) is 0 Å². The Hall–Kier alpha value is -3.03. The van der Waals surface area contributed by atoms with E-state index in [0.29, 0.717) is 0 Å². The largest absolute Gasteiger partial charge is 0.376 e. The molecule has 0 bridgehead atoms. The molecule has 0 fully saturated rings. The third-order valence-electron chi connectivity index (χ3n) is 2.71. The predicted octanol–water partition coefficient (Wildman–Crippen LogP) is 2.92. The van der Waals surface area contributed by atoms with Crippen LogP contribution in [-0.2, 0) is 4.79 Å². The van der Waals surface area contributed by atoms with Crippen molar-refractivity contribution in [3.8, 4) is 0 Å². The van der Waals surface area contributed by atoms with Gasteiger partial charge in [0.25, 0.3) is 5.69 Å². The maximum Gasteiger partial charge on any atom is 0.271 e. The minimum atomic E-state index is -1.02. The minimum absolute atomic E-state index is 0.147. The molecule has 114 valence electrons. The fraction of sp³-hybridized carbons (Fsp3) is 0.0714. The lowest BCUT2D eigenvalue weighted by Gasteiger charge is -2.08. The van der Waals surface area contributed by atoms with Crippen LogP contribution < -0.4 is 10.6 Å². The molecule has 0 saturated carbocycles. The number of nitrogens with one attached hydrogen (secondary N) is 2. The van der Waals surface area contributed by atoms with Crippen molar-refractivity contribution in [1.82, 2.24) is 0 Å². The molecule has 0 heterocycles. The van der Waals surface area contributed by atoms with Gasteiger partial charge in [0.15, 0.2) is 11.6 Å². The van der Waals surface area contributed by atoms with Crippen LogP contribution in [0.2, 0.25) is 0 Å². The van der Waals surface area contributed by atoms with Gasteiger partial charge >= 0.3 is 0 Å². The highest BCUT2D eigenvalue weighted by Gasteiger charge is 2.08. The van der Waals surface area contributed by atoms with Crippen molar-refractivity contribution in [3.63, 3.8) is 0 Å². The number of hydrogen-bond donors (Lipinski definition) is 2. The first-order valence-corrected chi connectivity index (χ1v) is 6.19. The first-order valence-electron chi connectivity index (χ1n) is 6.19. The number of nitro benzene ring substituents is 1. The molecule has 0 saturated heterocycles. The average molecular weight is 307 g/mol. The summed E-state index contributed by atoms with van der Waals surface area (Å²) in [4.78, 5) is 21.8. The minimum Gasteiger partial charge on any atom is -0.376 e. The van der Waals surface area contributed by atoms with Crippen LogP contribution in [0, 0.1) is 21.7 Å². The Kier molecular flexibility index (Phi) is 4.62. The number of hydrogen-bond acceptors (Lipinski definition) is 4. The monoisotopic (exact) mass is 307 g/mol. The highest BCUT2D eigenvalue weighted by molar-refractivity contribution is 5.94. The highest BCUT2D eigenvalue weighted by atomic mass is 19.2. The lowest BCUT2D eigenvalue weighted by Crippen LogP contribution is -2.21. The molecule has 1 amide bonds. The molecule has 22 heavy (non-hydrogen) atoms. The maximum atomic E-state index is 13.0. The van der Waals surface area contributed by atoms with Crippen LogP contribution in [0.3, 0.4) is 0 Å². The molecule has 2 aromatic rings. The van der Waals surface area contributed by atoms with E-state index in [4.69, 9.17) is 0 Å². The molecule has 2 N–H and O–H groups in total. The number of halogens is 2. The molecule has 0 aliphatic rings. The number of anilines is 2. The maximum absolute atomic E-state index is 13.0. The lowest BCUT2D eigenvalue weighted by atomic mass is 10.2. The van der Waals surface area contributed by atoms with Crippen LogP contribution in [0.15, 0.2) is 42.5 Å². The fourth-order valence-corrected chi connectivity index (χ4v) is 1.69. The van der Waals surface area contributed by atoms with Gasteiger partial charge in [0, 0.05) is 29.6 Å². The SMILES string of the molecule is O=C(CNc1ccc(F)c(F)c1)Nc1cccc([N+](=O)[O-])c1. The molecule has 6 nitrogen and oxygen atoms in total. The Balaban J connectivity index is 1.94. The number of amides is 1. The Labute approximate surface area is 123 Å². The van der Waals surface area contributed by atoms with Gasteiger partial charge in [-0.3, -0.25) is 14.9 Å². The van der Waals surface area contributed by atoms with Gasteiger partial charge in [-0.05, 0) is 18.2 Å². The molecule has 0 atom stereocenters. The summed E-state index contributed by atoms with van der Waals surface area (Å²) in [5.41, 5.74) is 0.366. The van der Waals surface area contributed by atoms with Crippen molar-refractivity contribution in [2.75, 3.05) is 17.2 Å². The quantitative estimate of drug-likeness (QED) is 0.657. The predicted molar refractivity (Wildman–Crippen MR) is 76.6 cm³/mol. The molecule has 0 radical (unpaired) electrons. The molecule has 8 heteroatoms. The molecular weight excluding hydrogens is 296 g/mol. The molecule has 0 unspecified atom stereocenters. The lowest BCUT2D eigenvalue weighted by molar-refractivity contribution is -0.384. The normalized spacial score (nSPS) is 10.1. The number of rotatable bonds is 5. The number of non-ortho nitro benzene ring substituents is 1. The van der Waals surface area contributed by atoms with Crippen molar-refractivity contribution in [2.24, 2.45) is 0 Å². The van der Waals surface area contributed by atoms with E-state index in [-0.39, 0.29) is 23.6 Å². The second kappa shape index (κ2) is 6.61. The summed E-state index contributed by atoms with van der Waals surface area (Å²) in [6, 6.07) is 8.62. The Morgan fingerprint density at radius 1 is 1.09 bits per heavy atom. The van der Waals surface area contributed by atoms with Crippen LogP contribution in [0.25, 0.3) is 0 Å². The van der Waals surface area contributed by atoms with Gasteiger partial charge in [-0.1, -0.05) is 6.07 Å². The Bertz CT molecular complexity index is 722. The van der Waals surface area contributed by atoms with E-state index in [1.165, 1.54) is 30.3 Å². The van der Waals surface area contributed by atoms with Gasteiger partial charge in [-0.15, -0.1) is 0 Å². The topological polar surface area (TPSA) is 84.3 Å². The zero-order chi connectivity index (χ0) is 16.1. The fourth-order valence-electron chi connectivity index (χ4n) is 1.69. The van der Waals surface area contributed by atoms with Crippen LogP contribution in [-0.4, -0.2) is 17.4 Å². The molecule has 2 rings (SSSR count). The van der Waals surface area contributed by atoms with Crippen molar-refractivity contribution in [2.45, 2.75) is 0 Å². The van der Waals surface area contributed by atoms with E-state index >= 15 is 0 Å². The number of nitro groups is 1. The van der Waals surface area contributed by atoms with Crippen molar-refractivity contribution in [3.05, 3.63) is 64.2 Å². The van der Waals surface area contributed by atoms with E-state index in [2.05, 4.69) is 10.6 Å². The second-order valence-corrected chi connectivity index (χ2v) is 4.34. The summed E-state index contributed by atoms with van der Waals surface area (Å²) in [6.45, 7) is -0.201. The molecule has 0 aliphatic heterocycles. The summed E-state index contributed by atoms with van der Waals surface area (Å²) in [6.07, 6.45) is 0. The molecule has 0 aromatic heterocycles. The molecule has 2 aromatic carbocycles. The smallest absolute Gasteiger partial charge is 0.271 e. The summed E-state index contributed by atoms with van der Waals surface area (Å²) < 4.78 is 25.7. The van der Waals surface area contributed by atoms with Crippen LogP contribution in [0.1, 0.15) is 0 Å². The van der Waals surface area contributed by atoms with Gasteiger partial charge in [-0.25, -0.2) is 8.78 Å². The van der Waals surface area contributed by atoms with E-state index in [1.54, 1.807) is 0 Å². The number of nitrogens with zero attached hydrogens (tertiary/aromatic N) is 1. The summed E-state index contributed by atoms with van der Waals surface area (Å²) in [5.74, 6) is -2.49. The zero-order valence-corrected chi connectivity index (χ0v) is 11.2. The van der Waals surface area contributed by atoms with E-state index in [1.807, 2.05) is 0 Å². The van der Waals surface area contributed by atoms with Gasteiger partial charge < -0.3 is 10.6 Å². The van der Waals surface area contributed by atoms with E-state index in [0.717, 1.165) is 12.1 Å². The Morgan fingerprint density at radius 3 is 2.55 bits per heavy atom. The number of benzene rings is 2. The van der Waals surface area contributed by atoms with Crippen LogP contribution >= 0.6 is 0 Å². The van der Waals surface area contributed by atoms with Gasteiger partial charge in [-0.2, -0.15) is 0 Å². The third kappa shape index (κ3) is 3.98. The summed E-state index contributed by atoms with van der Waals surface area (Å²) >= 11 is 0. The van der Waals surface area contributed by atoms with Crippen molar-refractivity contribution < 1.29 is 18.5 Å². The van der Waals surface area contributed by atoms with Crippen LogP contribution in [0.4, 0.5) is 25.8 Å². The first kappa shape index (κ1) is 15.4. The highest BCUT2D eigenvalue weighted by Crippen LogP contribution is 2.17. The third-order valence-corrected chi connectivity index (χ3v) is 2.71. The van der Waals surface area contributed by atoms with Crippen LogP contribution in [0.5, 0.6) is 0 Å². The van der Waals surface area contributed by atoms with Crippen molar-refractivity contribution in [1.29, 1.82) is 0 Å². The Morgan fingerprint density at radius 2 is 1.86 bits per heavy atom. The number of carbonyl (C=O) groups is 1. The zero-order valence-electron chi connectivity index (χ0n) is 11.2. The average Bonchev–Trinajstić information content (AvgIpc) is 2.49. The summed E-state index contributed by atoms with van der Waals surface area (Å²) in [5, 5.41) is 15.7. The molecular formula is C14H11F2N3O3.